The number of hydrogen-bond donors (Lipinski definition) is 4. The first kappa shape index (κ1) is 25.4. The van der Waals surface area contributed by atoms with Crippen LogP contribution in [0.3, 0.4) is 0 Å². The molecule has 0 aromatic rings. The molecule has 5 heteroatoms. The van der Waals surface area contributed by atoms with Crippen LogP contribution in [0, 0.1) is 58.2 Å². The molecule has 0 amide bonds. The molecule has 5 nitrogen and oxygen atoms in total. The Kier molecular flexibility index (Phi) is 6.54. The van der Waals surface area contributed by atoms with E-state index in [9.17, 15) is 25.2 Å². The minimum Gasteiger partial charge on any atom is -0.481 e. The molecule has 4 fully saturated rings. The fraction of sp³-hybridized carbons (Fsp3) is 0.964. The second-order valence-electron chi connectivity index (χ2n) is 13.3. The lowest BCUT2D eigenvalue weighted by molar-refractivity contribution is -0.263. The lowest BCUT2D eigenvalue weighted by Gasteiger charge is -2.68. The highest BCUT2D eigenvalue weighted by molar-refractivity contribution is 5.69. The van der Waals surface area contributed by atoms with E-state index in [1.54, 1.807) is 6.92 Å². The molecule has 3 unspecified atom stereocenters. The van der Waals surface area contributed by atoms with Crippen molar-refractivity contribution in [2.75, 3.05) is 0 Å². The number of hydrogen-bond acceptors (Lipinski definition) is 4. The van der Waals surface area contributed by atoms with Crippen LogP contribution >= 0.6 is 0 Å². The van der Waals surface area contributed by atoms with Crippen LogP contribution in [0.2, 0.25) is 0 Å². The number of carbonyl (C=O) groups is 1. The summed E-state index contributed by atoms with van der Waals surface area (Å²) in [6, 6.07) is 0. The van der Waals surface area contributed by atoms with E-state index in [4.69, 9.17) is 0 Å². The summed E-state index contributed by atoms with van der Waals surface area (Å²) in [5.41, 5.74) is -1.08. The molecule has 190 valence electrons. The largest absolute Gasteiger partial charge is 0.481 e. The number of carboxylic acid groups (broad SMARTS) is 1. The lowest BCUT2D eigenvalue weighted by atomic mass is 9.38. The average Bonchev–Trinajstić information content (AvgIpc) is 3.08. The quantitative estimate of drug-likeness (QED) is 0.472. The van der Waals surface area contributed by atoms with Gasteiger partial charge in [-0.15, -0.1) is 0 Å². The minimum atomic E-state index is -0.820. The molecule has 4 rings (SSSR count). The first-order valence-corrected chi connectivity index (χ1v) is 13.6. The maximum absolute atomic E-state index is 12.2. The van der Waals surface area contributed by atoms with E-state index in [-0.39, 0.29) is 64.3 Å². The number of fused-ring (bicyclic) bond motifs is 5. The fourth-order valence-electron chi connectivity index (χ4n) is 10.2. The molecule has 4 saturated carbocycles. The Bertz CT molecular complexity index is 751. The smallest absolute Gasteiger partial charge is 0.306 e. The second-order valence-corrected chi connectivity index (χ2v) is 13.3. The maximum Gasteiger partial charge on any atom is 0.306 e. The Morgan fingerprint density at radius 3 is 2.27 bits per heavy atom. The highest BCUT2D eigenvalue weighted by Crippen LogP contribution is 2.71. The number of aliphatic hydroxyl groups excluding tert-OH is 2. The number of rotatable bonds is 5. The Morgan fingerprint density at radius 1 is 1.00 bits per heavy atom. The van der Waals surface area contributed by atoms with Crippen LogP contribution < -0.4 is 0 Å². The average molecular weight is 465 g/mol. The van der Waals surface area contributed by atoms with Crippen molar-refractivity contribution in [3.8, 4) is 0 Å². The van der Waals surface area contributed by atoms with E-state index in [0.717, 1.165) is 38.5 Å². The van der Waals surface area contributed by atoms with E-state index < -0.39 is 17.7 Å². The highest BCUT2D eigenvalue weighted by Gasteiger charge is 2.70. The van der Waals surface area contributed by atoms with Gasteiger partial charge in [0.1, 0.15) is 0 Å². The zero-order valence-corrected chi connectivity index (χ0v) is 21.6. The summed E-state index contributed by atoms with van der Waals surface area (Å²) >= 11 is 0. The van der Waals surface area contributed by atoms with Gasteiger partial charge in [0.25, 0.3) is 0 Å². The van der Waals surface area contributed by atoms with Crippen molar-refractivity contribution in [2.24, 2.45) is 58.2 Å². The van der Waals surface area contributed by atoms with Gasteiger partial charge in [-0.05, 0) is 104 Å². The molecule has 0 aliphatic heterocycles. The van der Waals surface area contributed by atoms with E-state index >= 15 is 0 Å². The number of aliphatic hydroxyl groups is 3. The minimum absolute atomic E-state index is 0.0383. The van der Waals surface area contributed by atoms with Crippen LogP contribution in [0.4, 0.5) is 0 Å². The Morgan fingerprint density at radius 2 is 1.67 bits per heavy atom. The van der Waals surface area contributed by atoms with Gasteiger partial charge in [-0.1, -0.05) is 41.0 Å². The molecule has 0 aromatic carbocycles. The summed E-state index contributed by atoms with van der Waals surface area (Å²) in [5, 5.41) is 43.9. The van der Waals surface area contributed by atoms with Crippen molar-refractivity contribution in [3.63, 3.8) is 0 Å². The standard InChI is InChI=1S/C28H48O5/c1-7-18-21-13-17(29)10-11-26(21,4)22-14-23(30)27(5)19(15(2)12-16(3)25(31)32)8-9-20(27)24(22)28(18,6)33/h15-24,29-30,33H,7-14H2,1-6H3,(H,31,32)/t15-,16+,17+,18+,19+,20?,21-,22?,23-,24?,26-,27+,28-/m0/s1. The predicted octanol–water partition coefficient (Wildman–Crippen LogP) is 4.72. The summed E-state index contributed by atoms with van der Waals surface area (Å²) in [7, 11) is 0. The van der Waals surface area contributed by atoms with Crippen molar-refractivity contribution in [3.05, 3.63) is 0 Å². The monoisotopic (exact) mass is 464 g/mol. The Hall–Kier alpha value is -0.650. The van der Waals surface area contributed by atoms with Gasteiger partial charge in [0.05, 0.1) is 23.7 Å². The van der Waals surface area contributed by atoms with Gasteiger partial charge in [-0.25, -0.2) is 0 Å². The van der Waals surface area contributed by atoms with Gasteiger partial charge in [-0.2, -0.15) is 0 Å². The fourth-order valence-corrected chi connectivity index (χ4v) is 10.2. The van der Waals surface area contributed by atoms with Crippen LogP contribution in [-0.4, -0.2) is 44.2 Å². The van der Waals surface area contributed by atoms with Crippen molar-refractivity contribution < 1.29 is 25.2 Å². The molecule has 13 atom stereocenters. The Balaban J connectivity index is 1.71. The van der Waals surface area contributed by atoms with Crippen LogP contribution in [0.1, 0.15) is 92.9 Å². The molecule has 0 heterocycles. The number of carboxylic acids is 1. The third-order valence-electron chi connectivity index (χ3n) is 11.9. The van der Waals surface area contributed by atoms with Crippen LogP contribution in [-0.2, 0) is 4.79 Å². The summed E-state index contributed by atoms with van der Waals surface area (Å²) in [6.45, 7) is 12.8. The Labute approximate surface area is 200 Å². The number of aliphatic carboxylic acids is 1. The van der Waals surface area contributed by atoms with E-state index in [1.807, 2.05) is 0 Å². The summed E-state index contributed by atoms with van der Waals surface area (Å²) in [4.78, 5) is 11.5. The van der Waals surface area contributed by atoms with Crippen LogP contribution in [0.15, 0.2) is 0 Å². The highest BCUT2D eigenvalue weighted by atomic mass is 16.4. The normalized spacial score (nSPS) is 53.5. The molecule has 0 bridgehead atoms. The van der Waals surface area contributed by atoms with Gasteiger partial charge < -0.3 is 20.4 Å². The van der Waals surface area contributed by atoms with Crippen LogP contribution in [0.25, 0.3) is 0 Å². The van der Waals surface area contributed by atoms with Gasteiger partial charge in [0, 0.05) is 0 Å². The van der Waals surface area contributed by atoms with Gasteiger partial charge in [-0.3, -0.25) is 4.79 Å². The second kappa shape index (κ2) is 8.48. The van der Waals surface area contributed by atoms with E-state index in [1.165, 1.54) is 0 Å². The van der Waals surface area contributed by atoms with Crippen molar-refractivity contribution in [1.29, 1.82) is 0 Å². The molecule has 4 aliphatic carbocycles. The van der Waals surface area contributed by atoms with E-state index in [2.05, 4.69) is 34.6 Å². The van der Waals surface area contributed by atoms with Crippen molar-refractivity contribution in [2.45, 2.75) is 111 Å². The summed E-state index contributed by atoms with van der Waals surface area (Å²) < 4.78 is 0. The molecular formula is C28H48O5. The molecule has 0 aromatic heterocycles. The topological polar surface area (TPSA) is 98.0 Å². The molecule has 4 N–H and O–H groups in total. The SMILES string of the molecule is CC[C@@H]1[C@@H]2C[C@H](O)CC[C@]2(C)C2C[C@H](O)[C@@]3(C)C(CC[C@@H]3[C@@H](C)C[C@@H](C)C(=O)O)C2[C@@]1(C)O. The van der Waals surface area contributed by atoms with Crippen molar-refractivity contribution in [1.82, 2.24) is 0 Å². The van der Waals surface area contributed by atoms with Gasteiger partial charge >= 0.3 is 5.97 Å². The van der Waals surface area contributed by atoms with Gasteiger partial charge in [0.15, 0.2) is 0 Å². The molecule has 0 spiro atoms. The van der Waals surface area contributed by atoms with Gasteiger partial charge in [0.2, 0.25) is 0 Å². The van der Waals surface area contributed by atoms with Crippen LogP contribution in [0.5, 0.6) is 0 Å². The summed E-state index contributed by atoms with van der Waals surface area (Å²) in [6.07, 6.45) is 6.10. The molecular weight excluding hydrogens is 416 g/mol. The first-order chi connectivity index (χ1) is 15.3. The zero-order chi connectivity index (χ0) is 24.5. The molecule has 0 radical (unpaired) electrons. The molecule has 4 aliphatic rings. The third kappa shape index (κ3) is 3.62. The first-order valence-electron chi connectivity index (χ1n) is 13.6. The van der Waals surface area contributed by atoms with E-state index in [0.29, 0.717) is 12.8 Å². The van der Waals surface area contributed by atoms with Crippen molar-refractivity contribution >= 4 is 5.97 Å². The maximum atomic E-state index is 12.2. The third-order valence-corrected chi connectivity index (χ3v) is 11.9. The zero-order valence-electron chi connectivity index (χ0n) is 21.6. The molecule has 33 heavy (non-hydrogen) atoms. The lowest BCUT2D eigenvalue weighted by Crippen LogP contribution is -2.69. The molecule has 0 saturated heterocycles. The predicted molar refractivity (Wildman–Crippen MR) is 128 cm³/mol. The summed E-state index contributed by atoms with van der Waals surface area (Å²) in [5.74, 6) is 0.447.